The molecule has 0 aliphatic rings. The molecular weight excluding hydrogens is 490 g/mol. The topological polar surface area (TPSA) is 110 Å². The van der Waals surface area contributed by atoms with E-state index in [9.17, 15) is 25.2 Å². The Balaban J connectivity index is 2.53. The summed E-state index contributed by atoms with van der Waals surface area (Å²) in [6, 6.07) is 6.75. The zero-order valence-electron chi connectivity index (χ0n) is 24.6. The van der Waals surface area contributed by atoms with Crippen molar-refractivity contribution in [1.29, 1.82) is 0 Å². The first-order chi connectivity index (χ1) is 18.9. The lowest BCUT2D eigenvalue weighted by molar-refractivity contribution is 0.0466. The Bertz CT molecular complexity index is 827. The second kappa shape index (κ2) is 21.5. The van der Waals surface area contributed by atoms with Crippen LogP contribution < -0.4 is 5.32 Å². The van der Waals surface area contributed by atoms with Crippen molar-refractivity contribution in [2.45, 2.75) is 117 Å². The Hall–Kier alpha value is -2.31. The van der Waals surface area contributed by atoms with Crippen LogP contribution in [0.3, 0.4) is 0 Å². The summed E-state index contributed by atoms with van der Waals surface area (Å²) >= 11 is 0. The van der Waals surface area contributed by atoms with Crippen molar-refractivity contribution in [3.8, 4) is 0 Å². The third-order valence-electron chi connectivity index (χ3n) is 7.46. The van der Waals surface area contributed by atoms with Crippen LogP contribution in [0, 0.1) is 5.41 Å². The third-order valence-corrected chi connectivity index (χ3v) is 7.46. The van der Waals surface area contributed by atoms with Crippen LogP contribution in [0.4, 0.5) is 0 Å². The Kier molecular flexibility index (Phi) is 19.1. The Morgan fingerprint density at radius 2 is 1.21 bits per heavy atom. The summed E-state index contributed by atoms with van der Waals surface area (Å²) in [5, 5.41) is 44.3. The molecule has 6 heteroatoms. The molecule has 0 heterocycles. The van der Waals surface area contributed by atoms with Gasteiger partial charge in [-0.05, 0) is 49.1 Å². The summed E-state index contributed by atoms with van der Waals surface area (Å²) in [4.78, 5) is 12.5. The van der Waals surface area contributed by atoms with E-state index >= 15 is 0 Å². The molecule has 1 amide bonds. The highest BCUT2D eigenvalue weighted by molar-refractivity contribution is 5.94. The lowest BCUT2D eigenvalue weighted by Crippen LogP contribution is -2.34. The fourth-order valence-corrected chi connectivity index (χ4v) is 4.63. The Labute approximate surface area is 237 Å². The molecule has 1 aromatic carbocycles. The molecule has 6 nitrogen and oxygen atoms in total. The first kappa shape index (κ1) is 34.7. The Morgan fingerprint density at radius 1 is 0.718 bits per heavy atom. The molecule has 39 heavy (non-hydrogen) atoms. The van der Waals surface area contributed by atoms with Crippen LogP contribution in [0.15, 0.2) is 41.9 Å². The van der Waals surface area contributed by atoms with Crippen LogP contribution in [0.5, 0.6) is 0 Å². The predicted molar refractivity (Wildman–Crippen MR) is 162 cm³/mol. The van der Waals surface area contributed by atoms with Gasteiger partial charge < -0.3 is 25.7 Å². The van der Waals surface area contributed by atoms with Gasteiger partial charge >= 0.3 is 0 Å². The largest absolute Gasteiger partial charge is 0.511 e. The lowest BCUT2D eigenvalue weighted by Gasteiger charge is -2.28. The zero-order chi connectivity index (χ0) is 28.8. The van der Waals surface area contributed by atoms with Crippen LogP contribution in [0.1, 0.15) is 133 Å². The SMILES string of the molecule is CCCCCCCC=C(O)C(CO)(CO)C(O)=Cc1ccc(C(=O)NCCCCCCCCCCCC)cc1. The van der Waals surface area contributed by atoms with Crippen molar-refractivity contribution in [3.63, 3.8) is 0 Å². The van der Waals surface area contributed by atoms with Gasteiger partial charge in [-0.1, -0.05) is 109 Å². The molecule has 0 unspecified atom stereocenters. The number of aliphatic hydroxyl groups excluding tert-OH is 4. The quantitative estimate of drug-likeness (QED) is 0.0706. The van der Waals surface area contributed by atoms with Crippen LogP contribution in [-0.2, 0) is 0 Å². The first-order valence-electron chi connectivity index (χ1n) is 15.4. The van der Waals surface area contributed by atoms with Crippen LogP contribution in [-0.4, -0.2) is 46.1 Å². The number of aliphatic hydroxyl groups is 4. The molecule has 1 aromatic rings. The van der Waals surface area contributed by atoms with Gasteiger partial charge in [-0.2, -0.15) is 0 Å². The lowest BCUT2D eigenvalue weighted by atomic mass is 9.83. The van der Waals surface area contributed by atoms with Crippen LogP contribution in [0.2, 0.25) is 0 Å². The number of amides is 1. The maximum absolute atomic E-state index is 12.5. The molecule has 0 atom stereocenters. The van der Waals surface area contributed by atoms with Crippen molar-refractivity contribution < 1.29 is 25.2 Å². The molecule has 0 aliphatic carbocycles. The van der Waals surface area contributed by atoms with E-state index in [2.05, 4.69) is 19.2 Å². The molecule has 1 rings (SSSR count). The first-order valence-corrected chi connectivity index (χ1v) is 15.4. The summed E-state index contributed by atoms with van der Waals surface area (Å²) in [6.45, 7) is 3.77. The fourth-order valence-electron chi connectivity index (χ4n) is 4.63. The molecule has 5 N–H and O–H groups in total. The maximum Gasteiger partial charge on any atom is 0.251 e. The number of benzene rings is 1. The van der Waals surface area contributed by atoms with Gasteiger partial charge in [0.2, 0.25) is 0 Å². The monoisotopic (exact) mass is 545 g/mol. The molecule has 0 radical (unpaired) electrons. The van der Waals surface area contributed by atoms with Gasteiger partial charge in [-0.3, -0.25) is 4.79 Å². The zero-order valence-corrected chi connectivity index (χ0v) is 24.6. The summed E-state index contributed by atoms with van der Waals surface area (Å²) in [5.41, 5.74) is -0.536. The number of unbranched alkanes of at least 4 members (excludes halogenated alkanes) is 14. The van der Waals surface area contributed by atoms with Gasteiger partial charge in [0.1, 0.15) is 16.9 Å². The highest BCUT2D eigenvalue weighted by atomic mass is 16.3. The number of hydrogen-bond donors (Lipinski definition) is 5. The van der Waals surface area contributed by atoms with Crippen molar-refractivity contribution in [1.82, 2.24) is 5.32 Å². The van der Waals surface area contributed by atoms with Crippen LogP contribution in [0.25, 0.3) is 6.08 Å². The van der Waals surface area contributed by atoms with Gasteiger partial charge in [0.15, 0.2) is 0 Å². The van der Waals surface area contributed by atoms with Crippen molar-refractivity contribution >= 4 is 12.0 Å². The van der Waals surface area contributed by atoms with E-state index in [1.54, 1.807) is 30.3 Å². The van der Waals surface area contributed by atoms with Crippen molar-refractivity contribution in [2.75, 3.05) is 19.8 Å². The number of nitrogens with one attached hydrogen (secondary N) is 1. The summed E-state index contributed by atoms with van der Waals surface area (Å²) in [7, 11) is 0. The number of hydrogen-bond acceptors (Lipinski definition) is 5. The van der Waals surface area contributed by atoms with E-state index in [0.717, 1.165) is 38.5 Å². The minimum absolute atomic E-state index is 0.134. The van der Waals surface area contributed by atoms with Gasteiger partial charge in [-0.15, -0.1) is 0 Å². The standard InChI is InChI=1S/C33H55NO5/c1-3-5-7-9-11-12-13-14-16-18-24-34-32(39)29-22-20-28(21-23-29)25-31(38)33(26-35,27-36)30(37)19-17-15-10-8-6-4-2/h19-23,25,35-38H,3-18,24,26-27H2,1-2H3,(H,34,39). The third kappa shape index (κ3) is 13.5. The molecule has 0 spiro atoms. The fraction of sp³-hybridized carbons (Fsp3) is 0.667. The second-order valence-corrected chi connectivity index (χ2v) is 10.8. The maximum atomic E-state index is 12.5. The molecule has 0 bridgehead atoms. The smallest absolute Gasteiger partial charge is 0.251 e. The van der Waals surface area contributed by atoms with E-state index in [1.807, 2.05) is 0 Å². The normalized spacial score (nSPS) is 12.6. The molecule has 0 aromatic heterocycles. The number of rotatable bonds is 23. The summed E-state index contributed by atoms with van der Waals surface area (Å²) < 4.78 is 0. The molecule has 0 aliphatic heterocycles. The second-order valence-electron chi connectivity index (χ2n) is 10.8. The Morgan fingerprint density at radius 3 is 1.72 bits per heavy atom. The van der Waals surface area contributed by atoms with E-state index in [-0.39, 0.29) is 17.4 Å². The number of carbonyl (C=O) groups excluding carboxylic acids is 1. The molecule has 0 saturated carbocycles. The summed E-state index contributed by atoms with van der Waals surface area (Å²) in [5.74, 6) is -0.699. The van der Waals surface area contributed by atoms with Crippen LogP contribution >= 0.6 is 0 Å². The summed E-state index contributed by atoms with van der Waals surface area (Å²) in [6.07, 6.45) is 21.5. The van der Waals surface area contributed by atoms with E-state index in [1.165, 1.54) is 63.9 Å². The average molecular weight is 546 g/mol. The van der Waals surface area contributed by atoms with Gasteiger partial charge in [0.25, 0.3) is 5.91 Å². The minimum atomic E-state index is -1.66. The van der Waals surface area contributed by atoms with E-state index in [0.29, 0.717) is 24.1 Å². The number of carbonyl (C=O) groups is 1. The van der Waals surface area contributed by atoms with Gasteiger partial charge in [0.05, 0.1) is 13.2 Å². The predicted octanol–water partition coefficient (Wildman–Crippen LogP) is 8.01. The minimum Gasteiger partial charge on any atom is -0.511 e. The molecule has 222 valence electrons. The molecule has 0 saturated heterocycles. The van der Waals surface area contributed by atoms with Gasteiger partial charge in [-0.25, -0.2) is 0 Å². The molecule has 0 fully saturated rings. The number of allylic oxidation sites excluding steroid dienone is 1. The van der Waals surface area contributed by atoms with Crippen molar-refractivity contribution in [2.24, 2.45) is 5.41 Å². The highest BCUT2D eigenvalue weighted by Gasteiger charge is 2.38. The highest BCUT2D eigenvalue weighted by Crippen LogP contribution is 2.34. The van der Waals surface area contributed by atoms with Gasteiger partial charge in [0, 0.05) is 12.1 Å². The van der Waals surface area contributed by atoms with E-state index < -0.39 is 18.6 Å². The molecular formula is C33H55NO5. The van der Waals surface area contributed by atoms with Crippen molar-refractivity contribution in [3.05, 3.63) is 53.0 Å². The van der Waals surface area contributed by atoms with E-state index in [4.69, 9.17) is 0 Å². The average Bonchev–Trinajstić information content (AvgIpc) is 2.94.